The van der Waals surface area contributed by atoms with Crippen molar-refractivity contribution in [3.05, 3.63) is 76.8 Å². The highest BCUT2D eigenvalue weighted by molar-refractivity contribution is 8.00. The molecule has 0 spiro atoms. The van der Waals surface area contributed by atoms with Crippen LogP contribution in [0.3, 0.4) is 0 Å². The van der Waals surface area contributed by atoms with Gasteiger partial charge in [-0.15, -0.1) is 11.8 Å². The number of nitrogens with zero attached hydrogens (tertiary/aromatic N) is 2. The van der Waals surface area contributed by atoms with Gasteiger partial charge in [0, 0.05) is 16.3 Å². The second-order valence-electron chi connectivity index (χ2n) is 6.33. The molecule has 0 aliphatic heterocycles. The lowest BCUT2D eigenvalue weighted by Crippen LogP contribution is -2.12. The van der Waals surface area contributed by atoms with Gasteiger partial charge in [0.2, 0.25) is 0 Å². The van der Waals surface area contributed by atoms with Gasteiger partial charge in [0.1, 0.15) is 11.1 Å². The number of pyridine rings is 1. The maximum absolute atomic E-state index is 13.6. The largest absolute Gasteiger partial charge is 0.417 e. The average Bonchev–Trinajstić information content (AvgIpc) is 2.73. The smallest absolute Gasteiger partial charge is 0.240 e. The summed E-state index contributed by atoms with van der Waals surface area (Å²) in [7, 11) is -3.68. The molecule has 160 valence electrons. The number of sulfone groups is 1. The van der Waals surface area contributed by atoms with E-state index in [2.05, 4.69) is 4.98 Å². The molecule has 3 rings (SSSR count). The first-order valence-electron chi connectivity index (χ1n) is 8.81. The van der Waals surface area contributed by atoms with Crippen LogP contribution in [0.5, 0.6) is 0 Å². The van der Waals surface area contributed by atoms with Gasteiger partial charge in [-0.25, -0.2) is 13.4 Å². The number of thioether (sulfide) groups is 1. The van der Waals surface area contributed by atoms with E-state index in [-0.39, 0.29) is 27.1 Å². The van der Waals surface area contributed by atoms with E-state index in [9.17, 15) is 26.9 Å². The van der Waals surface area contributed by atoms with E-state index in [1.807, 2.05) is 0 Å². The summed E-state index contributed by atoms with van der Waals surface area (Å²) in [5, 5.41) is 9.57. The first-order valence-corrected chi connectivity index (χ1v) is 11.8. The molecule has 31 heavy (non-hydrogen) atoms. The van der Waals surface area contributed by atoms with E-state index in [1.54, 1.807) is 36.4 Å². The minimum absolute atomic E-state index is 0.0509. The number of halogens is 4. The molecule has 0 unspecified atom stereocenters. The van der Waals surface area contributed by atoms with E-state index in [0.717, 1.165) is 17.8 Å². The monoisotopic (exact) mass is 482 g/mol. The van der Waals surface area contributed by atoms with Gasteiger partial charge >= 0.3 is 6.18 Å². The minimum Gasteiger partial charge on any atom is -0.240 e. The molecule has 2 aromatic carbocycles. The molecule has 1 heterocycles. The summed E-state index contributed by atoms with van der Waals surface area (Å²) in [5.74, 6) is -0.426. The predicted molar refractivity (Wildman–Crippen MR) is 114 cm³/mol. The van der Waals surface area contributed by atoms with Crippen molar-refractivity contribution in [1.82, 2.24) is 4.98 Å². The molecule has 0 bridgehead atoms. The van der Waals surface area contributed by atoms with Crippen LogP contribution in [0.2, 0.25) is 5.02 Å². The molecular formula is C21H14ClF3N2O2S2. The van der Waals surface area contributed by atoms with E-state index in [0.29, 0.717) is 10.6 Å². The SMILES string of the molecule is N#Cc1c(C(F)(F)F)cc(-c2ccccc2)nc1SCCS(=O)(=O)c1ccc(Cl)cc1. The molecule has 0 amide bonds. The quantitative estimate of drug-likeness (QED) is 0.411. The summed E-state index contributed by atoms with van der Waals surface area (Å²) < 4.78 is 65.7. The Kier molecular flexibility index (Phi) is 6.94. The van der Waals surface area contributed by atoms with E-state index >= 15 is 0 Å². The Labute approximate surface area is 186 Å². The molecule has 3 aromatic rings. The van der Waals surface area contributed by atoms with Crippen LogP contribution in [0.15, 0.2) is 70.6 Å². The van der Waals surface area contributed by atoms with E-state index < -0.39 is 27.1 Å². The summed E-state index contributed by atoms with van der Waals surface area (Å²) in [6, 6.07) is 16.3. The molecule has 0 saturated carbocycles. The second kappa shape index (κ2) is 9.30. The van der Waals surface area contributed by atoms with Gasteiger partial charge in [0.25, 0.3) is 0 Å². The zero-order valence-corrected chi connectivity index (χ0v) is 18.1. The summed E-state index contributed by atoms with van der Waals surface area (Å²) in [4.78, 5) is 4.28. The third-order valence-corrected chi connectivity index (χ3v) is 7.46. The fraction of sp³-hybridized carbons (Fsp3) is 0.143. The highest BCUT2D eigenvalue weighted by atomic mass is 35.5. The van der Waals surface area contributed by atoms with Crippen LogP contribution < -0.4 is 0 Å². The normalized spacial score (nSPS) is 11.8. The molecular weight excluding hydrogens is 469 g/mol. The average molecular weight is 483 g/mol. The fourth-order valence-corrected chi connectivity index (χ4v) is 5.50. The fourth-order valence-electron chi connectivity index (χ4n) is 2.72. The molecule has 0 aliphatic rings. The van der Waals surface area contributed by atoms with Crippen molar-refractivity contribution in [3.63, 3.8) is 0 Å². The lowest BCUT2D eigenvalue weighted by Gasteiger charge is -2.14. The molecule has 4 nitrogen and oxygen atoms in total. The Hall–Kier alpha value is -2.54. The Morgan fingerprint density at radius 2 is 1.71 bits per heavy atom. The summed E-state index contributed by atoms with van der Waals surface area (Å²) in [5.41, 5.74) is -1.23. The van der Waals surface area contributed by atoms with Crippen LogP contribution in [0.25, 0.3) is 11.3 Å². The van der Waals surface area contributed by atoms with Crippen molar-refractivity contribution in [1.29, 1.82) is 5.26 Å². The van der Waals surface area contributed by atoms with Crippen molar-refractivity contribution in [2.45, 2.75) is 16.1 Å². The first-order chi connectivity index (χ1) is 14.6. The van der Waals surface area contributed by atoms with Crippen molar-refractivity contribution in [2.24, 2.45) is 0 Å². The lowest BCUT2D eigenvalue weighted by atomic mass is 10.1. The van der Waals surface area contributed by atoms with Gasteiger partial charge in [0.05, 0.1) is 27.5 Å². The van der Waals surface area contributed by atoms with Crippen LogP contribution in [0, 0.1) is 11.3 Å². The third kappa shape index (κ3) is 5.58. The molecule has 0 aliphatic carbocycles. The summed E-state index contributed by atoms with van der Waals surface area (Å²) >= 11 is 6.56. The van der Waals surface area contributed by atoms with Crippen LogP contribution in [-0.2, 0) is 16.0 Å². The Morgan fingerprint density at radius 1 is 1.06 bits per heavy atom. The van der Waals surface area contributed by atoms with Crippen LogP contribution in [0.4, 0.5) is 13.2 Å². The number of hydrogen-bond donors (Lipinski definition) is 0. The first kappa shape index (κ1) is 23.1. The molecule has 0 atom stereocenters. The van der Waals surface area contributed by atoms with Crippen molar-refractivity contribution < 1.29 is 21.6 Å². The number of rotatable bonds is 6. The summed E-state index contributed by atoms with van der Waals surface area (Å²) in [6.07, 6.45) is -4.76. The standard InChI is InChI=1S/C21H14ClF3N2O2S2/c22-15-6-8-16(9-7-15)31(28,29)11-10-30-20-17(13-26)18(21(23,24)25)12-19(27-20)14-4-2-1-3-5-14/h1-9,12H,10-11H2. The molecule has 0 fully saturated rings. The molecule has 1 aromatic heterocycles. The van der Waals surface area contributed by atoms with Gasteiger partial charge in [0.15, 0.2) is 9.84 Å². The van der Waals surface area contributed by atoms with Gasteiger partial charge in [-0.05, 0) is 30.3 Å². The Bertz CT molecular complexity index is 1220. The van der Waals surface area contributed by atoms with E-state index in [4.69, 9.17) is 11.6 Å². The maximum atomic E-state index is 13.6. The topological polar surface area (TPSA) is 70.8 Å². The van der Waals surface area contributed by atoms with Crippen molar-refractivity contribution in [2.75, 3.05) is 11.5 Å². The zero-order chi connectivity index (χ0) is 22.6. The number of benzene rings is 2. The van der Waals surface area contributed by atoms with Crippen LogP contribution in [0.1, 0.15) is 11.1 Å². The van der Waals surface area contributed by atoms with E-state index in [1.165, 1.54) is 24.3 Å². The number of aromatic nitrogens is 1. The second-order valence-corrected chi connectivity index (χ2v) is 9.96. The minimum atomic E-state index is -4.76. The molecule has 0 radical (unpaired) electrons. The zero-order valence-electron chi connectivity index (χ0n) is 15.7. The third-order valence-electron chi connectivity index (χ3n) is 4.24. The molecule has 0 N–H and O–H groups in total. The Balaban J connectivity index is 1.92. The Morgan fingerprint density at radius 3 is 2.29 bits per heavy atom. The van der Waals surface area contributed by atoms with Gasteiger partial charge < -0.3 is 0 Å². The molecule has 0 saturated heterocycles. The van der Waals surface area contributed by atoms with Gasteiger partial charge in [-0.3, -0.25) is 0 Å². The maximum Gasteiger partial charge on any atom is 0.417 e. The van der Waals surface area contributed by atoms with Crippen LogP contribution >= 0.6 is 23.4 Å². The number of hydrogen-bond acceptors (Lipinski definition) is 5. The number of nitriles is 1. The predicted octanol–water partition coefficient (Wildman–Crippen LogP) is 5.86. The number of alkyl halides is 3. The lowest BCUT2D eigenvalue weighted by molar-refractivity contribution is -0.138. The highest BCUT2D eigenvalue weighted by Gasteiger charge is 2.36. The van der Waals surface area contributed by atoms with Crippen molar-refractivity contribution in [3.8, 4) is 17.3 Å². The van der Waals surface area contributed by atoms with Crippen molar-refractivity contribution >= 4 is 33.2 Å². The van der Waals surface area contributed by atoms with Crippen LogP contribution in [-0.4, -0.2) is 24.9 Å². The van der Waals surface area contributed by atoms with Gasteiger partial charge in [-0.1, -0.05) is 41.9 Å². The summed E-state index contributed by atoms with van der Waals surface area (Å²) in [6.45, 7) is 0. The van der Waals surface area contributed by atoms with Gasteiger partial charge in [-0.2, -0.15) is 18.4 Å². The molecule has 10 heteroatoms. The highest BCUT2D eigenvalue weighted by Crippen LogP contribution is 2.38.